The summed E-state index contributed by atoms with van der Waals surface area (Å²) in [5, 5.41) is 0. The van der Waals surface area contributed by atoms with Crippen LogP contribution in [0.3, 0.4) is 0 Å². The Hall–Kier alpha value is -3.21. The van der Waals surface area contributed by atoms with Crippen molar-refractivity contribution in [2.24, 2.45) is 17.6 Å². The standard InChI is InChI=1S/C28H31FN2O2/c1-17-5-4-6-21(13-17)26-25(33-3)12-10-22(27(26)29)14-19-7-11-24(31-16-19)18(2)20-8-9-23(15-20)28(30)32/h4-7,10-13,16,18,20,23H,8-9,14-15H2,1-3H3,(H2,30,32)/t18?,20?,23-/m1/s1. The third-order valence-corrected chi connectivity index (χ3v) is 7.00. The molecule has 2 N–H and O–H groups in total. The number of methoxy groups -OCH3 is 1. The Balaban J connectivity index is 1.54. The molecule has 0 spiro atoms. The number of nitrogens with two attached hydrogens (primary N) is 1. The number of hydrogen-bond acceptors (Lipinski definition) is 3. The van der Waals surface area contributed by atoms with Gasteiger partial charge in [-0.1, -0.05) is 48.9 Å². The molecule has 0 bridgehead atoms. The molecule has 33 heavy (non-hydrogen) atoms. The van der Waals surface area contributed by atoms with Gasteiger partial charge in [-0.05, 0) is 60.9 Å². The van der Waals surface area contributed by atoms with Crippen molar-refractivity contribution in [1.29, 1.82) is 0 Å². The van der Waals surface area contributed by atoms with Crippen LogP contribution < -0.4 is 10.5 Å². The maximum Gasteiger partial charge on any atom is 0.220 e. The van der Waals surface area contributed by atoms with E-state index in [1.807, 2.05) is 55.6 Å². The van der Waals surface area contributed by atoms with Crippen LogP contribution in [0, 0.1) is 24.6 Å². The van der Waals surface area contributed by atoms with Crippen LogP contribution in [0.4, 0.5) is 4.39 Å². The highest BCUT2D eigenvalue weighted by Crippen LogP contribution is 2.40. The van der Waals surface area contributed by atoms with Crippen molar-refractivity contribution in [1.82, 2.24) is 4.98 Å². The summed E-state index contributed by atoms with van der Waals surface area (Å²) in [6, 6.07) is 15.5. The first-order chi connectivity index (χ1) is 15.9. The molecule has 3 atom stereocenters. The lowest BCUT2D eigenvalue weighted by atomic mass is 9.88. The van der Waals surface area contributed by atoms with Crippen molar-refractivity contribution >= 4 is 5.91 Å². The van der Waals surface area contributed by atoms with E-state index in [0.717, 1.165) is 41.6 Å². The predicted octanol–water partition coefficient (Wildman–Crippen LogP) is 5.80. The lowest BCUT2D eigenvalue weighted by Gasteiger charge is -2.19. The van der Waals surface area contributed by atoms with E-state index in [4.69, 9.17) is 10.5 Å². The third kappa shape index (κ3) is 4.92. The molecule has 1 aromatic heterocycles. The average Bonchev–Trinajstić information content (AvgIpc) is 3.31. The fourth-order valence-electron chi connectivity index (χ4n) is 4.98. The number of primary amides is 1. The minimum absolute atomic E-state index is 0.0163. The quantitative estimate of drug-likeness (QED) is 0.499. The number of rotatable bonds is 7. The Morgan fingerprint density at radius 3 is 2.67 bits per heavy atom. The molecule has 2 aromatic carbocycles. The second-order valence-electron chi connectivity index (χ2n) is 9.21. The molecule has 172 valence electrons. The molecule has 3 aromatic rings. The molecule has 1 aliphatic carbocycles. The minimum atomic E-state index is -0.263. The van der Waals surface area contributed by atoms with Gasteiger partial charge in [0.15, 0.2) is 0 Å². The molecular formula is C28H31FN2O2. The predicted molar refractivity (Wildman–Crippen MR) is 129 cm³/mol. The van der Waals surface area contributed by atoms with Crippen LogP contribution in [0.2, 0.25) is 0 Å². The van der Waals surface area contributed by atoms with Gasteiger partial charge in [0, 0.05) is 30.1 Å². The molecule has 4 rings (SSSR count). The molecule has 1 amide bonds. The van der Waals surface area contributed by atoms with Gasteiger partial charge in [-0.3, -0.25) is 9.78 Å². The molecule has 0 saturated heterocycles. The van der Waals surface area contributed by atoms with E-state index in [0.29, 0.717) is 29.2 Å². The maximum absolute atomic E-state index is 15.6. The lowest BCUT2D eigenvalue weighted by Crippen LogP contribution is -2.21. The van der Waals surface area contributed by atoms with Crippen molar-refractivity contribution in [3.05, 3.63) is 82.9 Å². The zero-order valence-corrected chi connectivity index (χ0v) is 19.5. The summed E-state index contributed by atoms with van der Waals surface area (Å²) in [7, 11) is 1.56. The number of ether oxygens (including phenoxy) is 1. The zero-order chi connectivity index (χ0) is 23.5. The summed E-state index contributed by atoms with van der Waals surface area (Å²) in [6.45, 7) is 4.15. The smallest absolute Gasteiger partial charge is 0.220 e. The SMILES string of the molecule is COc1ccc(Cc2ccc(C(C)C3CC[C@@H](C(N)=O)C3)nc2)c(F)c1-c1cccc(C)c1. The van der Waals surface area contributed by atoms with Crippen LogP contribution in [0.5, 0.6) is 5.75 Å². The maximum atomic E-state index is 15.6. The molecule has 0 radical (unpaired) electrons. The van der Waals surface area contributed by atoms with E-state index in [-0.39, 0.29) is 23.6 Å². The fraction of sp³-hybridized carbons (Fsp3) is 0.357. The number of aromatic nitrogens is 1. The van der Waals surface area contributed by atoms with Gasteiger partial charge in [0.05, 0.1) is 12.7 Å². The third-order valence-electron chi connectivity index (χ3n) is 7.00. The minimum Gasteiger partial charge on any atom is -0.496 e. The van der Waals surface area contributed by atoms with Gasteiger partial charge in [-0.15, -0.1) is 0 Å². The molecular weight excluding hydrogens is 415 g/mol. The summed E-state index contributed by atoms with van der Waals surface area (Å²) >= 11 is 0. The van der Waals surface area contributed by atoms with E-state index in [2.05, 4.69) is 11.9 Å². The highest BCUT2D eigenvalue weighted by atomic mass is 19.1. The van der Waals surface area contributed by atoms with Crippen molar-refractivity contribution in [3.63, 3.8) is 0 Å². The van der Waals surface area contributed by atoms with E-state index in [9.17, 15) is 4.79 Å². The Labute approximate surface area is 195 Å². The number of amides is 1. The number of aryl methyl sites for hydroxylation is 1. The average molecular weight is 447 g/mol. The summed E-state index contributed by atoms with van der Waals surface area (Å²) in [4.78, 5) is 16.2. The molecule has 1 heterocycles. The van der Waals surface area contributed by atoms with Crippen molar-refractivity contribution in [2.75, 3.05) is 7.11 Å². The molecule has 5 heteroatoms. The van der Waals surface area contributed by atoms with Gasteiger partial charge in [0.1, 0.15) is 11.6 Å². The van der Waals surface area contributed by atoms with E-state index in [1.54, 1.807) is 13.2 Å². The number of hydrogen-bond donors (Lipinski definition) is 1. The van der Waals surface area contributed by atoms with Crippen LogP contribution in [-0.2, 0) is 11.2 Å². The first-order valence-electron chi connectivity index (χ1n) is 11.5. The van der Waals surface area contributed by atoms with E-state index < -0.39 is 0 Å². The van der Waals surface area contributed by atoms with Crippen LogP contribution in [0.1, 0.15) is 54.5 Å². The topological polar surface area (TPSA) is 65.2 Å². The molecule has 1 saturated carbocycles. The van der Waals surface area contributed by atoms with E-state index in [1.165, 1.54) is 0 Å². The highest BCUT2D eigenvalue weighted by molar-refractivity contribution is 5.77. The second-order valence-corrected chi connectivity index (χ2v) is 9.21. The van der Waals surface area contributed by atoms with E-state index >= 15 is 4.39 Å². The van der Waals surface area contributed by atoms with Crippen molar-refractivity contribution in [2.45, 2.75) is 45.4 Å². The number of carbonyl (C=O) groups excluding carboxylic acids is 1. The largest absolute Gasteiger partial charge is 0.496 e. The molecule has 4 nitrogen and oxygen atoms in total. The summed E-state index contributed by atoms with van der Waals surface area (Å²) in [5.41, 5.74) is 10.4. The van der Waals surface area contributed by atoms with Crippen LogP contribution in [-0.4, -0.2) is 18.0 Å². The lowest BCUT2D eigenvalue weighted by molar-refractivity contribution is -0.121. The first-order valence-corrected chi connectivity index (χ1v) is 11.5. The first kappa shape index (κ1) is 23.0. The van der Waals surface area contributed by atoms with Crippen molar-refractivity contribution < 1.29 is 13.9 Å². The fourth-order valence-corrected chi connectivity index (χ4v) is 4.98. The van der Waals surface area contributed by atoms with Crippen LogP contribution >= 0.6 is 0 Å². The van der Waals surface area contributed by atoms with Crippen LogP contribution in [0.25, 0.3) is 11.1 Å². The summed E-state index contributed by atoms with van der Waals surface area (Å²) in [6.07, 6.45) is 4.98. The molecule has 1 aliphatic rings. The van der Waals surface area contributed by atoms with Crippen LogP contribution in [0.15, 0.2) is 54.7 Å². The van der Waals surface area contributed by atoms with Crippen molar-refractivity contribution in [3.8, 4) is 16.9 Å². The summed E-state index contributed by atoms with van der Waals surface area (Å²) < 4.78 is 21.1. The molecule has 0 aliphatic heterocycles. The number of benzene rings is 2. The van der Waals surface area contributed by atoms with Gasteiger partial charge in [0.25, 0.3) is 0 Å². The van der Waals surface area contributed by atoms with Gasteiger partial charge in [0.2, 0.25) is 5.91 Å². The van der Waals surface area contributed by atoms with Gasteiger partial charge in [-0.25, -0.2) is 4.39 Å². The molecule has 1 fully saturated rings. The Morgan fingerprint density at radius 2 is 2.03 bits per heavy atom. The Kier molecular flexibility index (Phi) is 6.77. The number of carbonyl (C=O) groups is 1. The Bertz CT molecular complexity index is 1140. The Morgan fingerprint density at radius 1 is 1.21 bits per heavy atom. The number of nitrogens with zero attached hydrogens (tertiary/aromatic N) is 1. The number of pyridine rings is 1. The molecule has 2 unspecified atom stereocenters. The van der Waals surface area contributed by atoms with Gasteiger partial charge in [-0.2, -0.15) is 0 Å². The monoisotopic (exact) mass is 446 g/mol. The normalized spacial score (nSPS) is 18.8. The summed E-state index contributed by atoms with van der Waals surface area (Å²) in [5.74, 6) is 0.721. The van der Waals surface area contributed by atoms with Gasteiger partial charge >= 0.3 is 0 Å². The highest BCUT2D eigenvalue weighted by Gasteiger charge is 2.32. The van der Waals surface area contributed by atoms with Gasteiger partial charge < -0.3 is 10.5 Å². The zero-order valence-electron chi connectivity index (χ0n) is 19.5. The number of halogens is 1. The second kappa shape index (κ2) is 9.74.